The molecule has 3 aromatic rings. The van der Waals surface area contributed by atoms with Crippen LogP contribution in [0.2, 0.25) is 0 Å². The van der Waals surface area contributed by atoms with Gasteiger partial charge in [-0.15, -0.1) is 0 Å². The Balaban J connectivity index is 1.57. The zero-order chi connectivity index (χ0) is 28.5. The number of aliphatic hydroxyl groups is 1. The molecular weight excluding hydrogens is 509 g/mol. The first-order valence-corrected chi connectivity index (χ1v) is 13.9. The van der Waals surface area contributed by atoms with E-state index in [1.807, 2.05) is 19.1 Å². The number of carbonyl (C=O) groups is 2. The molecule has 2 atom stereocenters. The van der Waals surface area contributed by atoms with Crippen LogP contribution in [0.5, 0.6) is 5.75 Å². The normalized spacial score (nSPS) is 17.2. The monoisotopic (exact) mass is 547 g/mol. The van der Waals surface area contributed by atoms with Crippen molar-refractivity contribution in [2.75, 3.05) is 19.7 Å². The van der Waals surface area contributed by atoms with Crippen molar-refractivity contribution in [1.82, 2.24) is 16.0 Å². The first-order chi connectivity index (χ1) is 19.3. The number of nitrogens with one attached hydrogen (secondary N) is 3. The molecule has 1 aliphatic heterocycles. The molecule has 4 bridgehead atoms. The third kappa shape index (κ3) is 8.37. The predicted octanol–water partition coefficient (Wildman–Crippen LogP) is 4.09. The number of rotatable bonds is 6. The van der Waals surface area contributed by atoms with Gasteiger partial charge in [-0.2, -0.15) is 0 Å². The SMILES string of the molecule is CCc1cccc(CNCC(O)C2Cc3cc(F)cc(c3)OCCCCNC(=O)c3cc(C)cc(c3)C(=O)N2)c1. The molecule has 1 aliphatic rings. The number of ether oxygens (including phenoxy) is 1. The van der Waals surface area contributed by atoms with Crippen LogP contribution in [0.4, 0.5) is 4.39 Å². The summed E-state index contributed by atoms with van der Waals surface area (Å²) in [5.41, 5.74) is 4.41. The van der Waals surface area contributed by atoms with Crippen LogP contribution >= 0.6 is 0 Å². The highest BCUT2D eigenvalue weighted by molar-refractivity contribution is 6.00. The lowest BCUT2D eigenvalue weighted by Gasteiger charge is -2.25. The number of amides is 2. The summed E-state index contributed by atoms with van der Waals surface area (Å²) in [7, 11) is 0. The molecule has 40 heavy (non-hydrogen) atoms. The van der Waals surface area contributed by atoms with Crippen molar-refractivity contribution in [2.24, 2.45) is 0 Å². The third-order valence-corrected chi connectivity index (χ3v) is 6.98. The molecule has 1 heterocycles. The average Bonchev–Trinajstić information content (AvgIpc) is 2.93. The Morgan fingerprint density at radius 3 is 2.60 bits per heavy atom. The van der Waals surface area contributed by atoms with Crippen molar-refractivity contribution in [1.29, 1.82) is 0 Å². The van der Waals surface area contributed by atoms with Gasteiger partial charge < -0.3 is 25.8 Å². The average molecular weight is 548 g/mol. The first kappa shape index (κ1) is 29.2. The zero-order valence-electron chi connectivity index (χ0n) is 23.1. The zero-order valence-corrected chi connectivity index (χ0v) is 23.1. The van der Waals surface area contributed by atoms with Gasteiger partial charge in [0, 0.05) is 36.8 Å². The Morgan fingerprint density at radius 1 is 1.02 bits per heavy atom. The number of hydrogen-bond acceptors (Lipinski definition) is 5. The van der Waals surface area contributed by atoms with Crippen LogP contribution in [0.3, 0.4) is 0 Å². The molecule has 0 saturated carbocycles. The molecule has 0 spiro atoms. The van der Waals surface area contributed by atoms with Crippen molar-refractivity contribution in [3.8, 4) is 5.75 Å². The minimum Gasteiger partial charge on any atom is -0.493 e. The van der Waals surface area contributed by atoms with Crippen LogP contribution in [-0.4, -0.2) is 48.8 Å². The maximum Gasteiger partial charge on any atom is 0.251 e. The van der Waals surface area contributed by atoms with Gasteiger partial charge in [0.2, 0.25) is 0 Å². The van der Waals surface area contributed by atoms with Crippen LogP contribution in [0.15, 0.2) is 60.7 Å². The molecule has 0 fully saturated rings. The third-order valence-electron chi connectivity index (χ3n) is 6.98. The highest BCUT2D eigenvalue weighted by Gasteiger charge is 2.24. The molecule has 0 aliphatic carbocycles. The predicted molar refractivity (Wildman–Crippen MR) is 153 cm³/mol. The van der Waals surface area contributed by atoms with Crippen molar-refractivity contribution >= 4 is 11.8 Å². The van der Waals surface area contributed by atoms with Gasteiger partial charge in [-0.25, -0.2) is 4.39 Å². The van der Waals surface area contributed by atoms with Gasteiger partial charge in [0.25, 0.3) is 11.8 Å². The Labute approximate surface area is 235 Å². The molecule has 7 nitrogen and oxygen atoms in total. The van der Waals surface area contributed by atoms with Crippen LogP contribution in [0, 0.1) is 12.7 Å². The highest BCUT2D eigenvalue weighted by Crippen LogP contribution is 2.20. The molecule has 4 rings (SSSR count). The highest BCUT2D eigenvalue weighted by atomic mass is 19.1. The Bertz CT molecular complexity index is 1330. The standard InChI is InChI=1S/C32H38FN3O4/c1-3-22-7-6-8-23(13-22)19-34-20-30(37)29-16-24-14-27(33)18-28(15-24)40-10-5-4-9-35-31(38)25-11-21(2)12-26(17-25)32(39)36-29/h6-8,11-15,17-18,29-30,34,37H,3-5,9-10,16,19-20H2,1-2H3,(H,35,38)(H,36,39). The second kappa shape index (κ2) is 14.1. The molecule has 0 radical (unpaired) electrons. The molecular formula is C32H38FN3O4. The van der Waals surface area contributed by atoms with Crippen LogP contribution < -0.4 is 20.7 Å². The summed E-state index contributed by atoms with van der Waals surface area (Å²) < 4.78 is 20.3. The minimum absolute atomic E-state index is 0.188. The van der Waals surface area contributed by atoms with E-state index < -0.39 is 23.9 Å². The van der Waals surface area contributed by atoms with Gasteiger partial charge in [-0.05, 0) is 85.2 Å². The van der Waals surface area contributed by atoms with Gasteiger partial charge in [0.15, 0.2) is 0 Å². The van der Waals surface area contributed by atoms with Gasteiger partial charge in [0.05, 0.1) is 18.8 Å². The summed E-state index contributed by atoms with van der Waals surface area (Å²) in [6.07, 6.45) is 1.52. The minimum atomic E-state index is -0.972. The van der Waals surface area contributed by atoms with Gasteiger partial charge in [-0.3, -0.25) is 9.59 Å². The fraction of sp³-hybridized carbons (Fsp3) is 0.375. The number of carbonyl (C=O) groups excluding carboxylic acids is 2. The van der Waals surface area contributed by atoms with E-state index in [9.17, 15) is 19.1 Å². The van der Waals surface area contributed by atoms with E-state index in [1.165, 1.54) is 17.7 Å². The molecule has 2 amide bonds. The summed E-state index contributed by atoms with van der Waals surface area (Å²) in [5, 5.41) is 20.3. The molecule has 0 aromatic heterocycles. The van der Waals surface area contributed by atoms with Gasteiger partial charge >= 0.3 is 0 Å². The van der Waals surface area contributed by atoms with Crippen molar-refractivity contribution in [3.05, 3.63) is 99.9 Å². The molecule has 2 unspecified atom stereocenters. The Kier molecular flexibility index (Phi) is 10.3. The van der Waals surface area contributed by atoms with E-state index in [0.29, 0.717) is 55.0 Å². The number of hydrogen-bond donors (Lipinski definition) is 4. The first-order valence-electron chi connectivity index (χ1n) is 13.9. The summed E-state index contributed by atoms with van der Waals surface area (Å²) in [4.78, 5) is 26.1. The van der Waals surface area contributed by atoms with E-state index in [-0.39, 0.29) is 18.9 Å². The van der Waals surface area contributed by atoms with Crippen LogP contribution in [0.1, 0.15) is 62.7 Å². The largest absolute Gasteiger partial charge is 0.493 e. The Hall–Kier alpha value is -3.75. The number of fused-ring (bicyclic) bond motifs is 4. The van der Waals surface area contributed by atoms with Crippen LogP contribution in [0.25, 0.3) is 0 Å². The molecule has 3 aromatic carbocycles. The lowest BCUT2D eigenvalue weighted by Crippen LogP contribution is -2.48. The quantitative estimate of drug-likeness (QED) is 0.373. The fourth-order valence-corrected chi connectivity index (χ4v) is 4.84. The molecule has 4 N–H and O–H groups in total. The smallest absolute Gasteiger partial charge is 0.251 e. The maximum absolute atomic E-state index is 14.5. The van der Waals surface area contributed by atoms with Crippen molar-refractivity contribution in [3.63, 3.8) is 0 Å². The topological polar surface area (TPSA) is 99.7 Å². The van der Waals surface area contributed by atoms with Crippen molar-refractivity contribution in [2.45, 2.75) is 58.2 Å². The summed E-state index contributed by atoms with van der Waals surface area (Å²) in [6.45, 7) is 5.52. The van der Waals surface area contributed by atoms with Crippen LogP contribution in [-0.2, 0) is 19.4 Å². The second-order valence-corrected chi connectivity index (χ2v) is 10.4. The van der Waals surface area contributed by atoms with E-state index in [2.05, 4.69) is 35.0 Å². The van der Waals surface area contributed by atoms with Gasteiger partial charge in [0.1, 0.15) is 11.6 Å². The summed E-state index contributed by atoms with van der Waals surface area (Å²) in [6, 6.07) is 17.0. The molecule has 212 valence electrons. The van der Waals surface area contributed by atoms with E-state index in [1.54, 1.807) is 24.3 Å². The molecule has 0 saturated heterocycles. The second-order valence-electron chi connectivity index (χ2n) is 10.4. The van der Waals surface area contributed by atoms with Gasteiger partial charge in [-0.1, -0.05) is 31.2 Å². The van der Waals surface area contributed by atoms with E-state index in [4.69, 9.17) is 4.74 Å². The summed E-state index contributed by atoms with van der Waals surface area (Å²) >= 11 is 0. The molecule has 8 heteroatoms. The fourth-order valence-electron chi connectivity index (χ4n) is 4.84. The van der Waals surface area contributed by atoms with E-state index in [0.717, 1.165) is 17.5 Å². The lowest BCUT2D eigenvalue weighted by atomic mass is 9.99. The Morgan fingerprint density at radius 2 is 1.80 bits per heavy atom. The number of halogens is 1. The summed E-state index contributed by atoms with van der Waals surface area (Å²) in [5.74, 6) is -0.743. The number of aryl methyl sites for hydroxylation is 2. The number of aliphatic hydroxyl groups excluding tert-OH is 1. The maximum atomic E-state index is 14.5. The lowest BCUT2D eigenvalue weighted by molar-refractivity contribution is 0.0829. The van der Waals surface area contributed by atoms with Crippen molar-refractivity contribution < 1.29 is 23.8 Å². The number of benzene rings is 3. The van der Waals surface area contributed by atoms with E-state index >= 15 is 0 Å².